The molecule has 6 heteroatoms. The summed E-state index contributed by atoms with van der Waals surface area (Å²) in [6, 6.07) is 5.43. The SMILES string of the molecule is Fc1cc(Br)ccc1-c1nnc(CBr)n1C1CC1. The van der Waals surface area contributed by atoms with Gasteiger partial charge in [0, 0.05) is 10.5 Å². The van der Waals surface area contributed by atoms with Crippen LogP contribution >= 0.6 is 31.9 Å². The molecule has 1 aliphatic carbocycles. The third kappa shape index (κ3) is 2.12. The van der Waals surface area contributed by atoms with E-state index in [1.807, 2.05) is 10.6 Å². The maximum absolute atomic E-state index is 14.0. The van der Waals surface area contributed by atoms with Crippen LogP contribution in [0.4, 0.5) is 4.39 Å². The van der Waals surface area contributed by atoms with Gasteiger partial charge in [-0.3, -0.25) is 0 Å². The number of rotatable bonds is 3. The summed E-state index contributed by atoms with van der Waals surface area (Å²) in [7, 11) is 0. The number of hydrogen-bond acceptors (Lipinski definition) is 2. The van der Waals surface area contributed by atoms with Gasteiger partial charge >= 0.3 is 0 Å². The van der Waals surface area contributed by atoms with E-state index in [-0.39, 0.29) is 5.82 Å². The average molecular weight is 375 g/mol. The minimum Gasteiger partial charge on any atom is -0.307 e. The number of aromatic nitrogens is 3. The Morgan fingerprint density at radius 1 is 1.33 bits per heavy atom. The molecule has 1 fully saturated rings. The van der Waals surface area contributed by atoms with Crippen LogP contribution in [0, 0.1) is 5.82 Å². The molecule has 2 aromatic rings. The summed E-state index contributed by atoms with van der Waals surface area (Å²) in [6.45, 7) is 0. The first-order valence-electron chi connectivity index (χ1n) is 5.66. The van der Waals surface area contributed by atoms with Crippen LogP contribution in [0.25, 0.3) is 11.4 Å². The van der Waals surface area contributed by atoms with Crippen LogP contribution in [0.15, 0.2) is 22.7 Å². The Bertz CT molecular complexity index is 593. The highest BCUT2D eigenvalue weighted by Gasteiger charge is 2.30. The number of alkyl halides is 1. The second-order valence-electron chi connectivity index (χ2n) is 4.30. The molecule has 1 saturated carbocycles. The Balaban J connectivity index is 2.13. The summed E-state index contributed by atoms with van der Waals surface area (Å²) >= 11 is 6.65. The largest absolute Gasteiger partial charge is 0.307 e. The molecule has 1 heterocycles. The molecule has 0 amide bonds. The number of hydrogen-bond donors (Lipinski definition) is 0. The van der Waals surface area contributed by atoms with E-state index < -0.39 is 0 Å². The molecule has 0 atom stereocenters. The Hall–Kier alpha value is -0.750. The molecule has 94 valence electrons. The van der Waals surface area contributed by atoms with Crippen molar-refractivity contribution in [2.45, 2.75) is 24.2 Å². The normalized spacial score (nSPS) is 15.1. The highest BCUT2D eigenvalue weighted by Crippen LogP contribution is 2.39. The van der Waals surface area contributed by atoms with Crippen molar-refractivity contribution in [1.29, 1.82) is 0 Å². The first kappa shape index (κ1) is 12.3. The van der Waals surface area contributed by atoms with Gasteiger partial charge in [0.25, 0.3) is 0 Å². The van der Waals surface area contributed by atoms with Gasteiger partial charge in [-0.15, -0.1) is 10.2 Å². The molecule has 3 nitrogen and oxygen atoms in total. The van der Waals surface area contributed by atoms with Crippen molar-refractivity contribution in [1.82, 2.24) is 14.8 Å². The van der Waals surface area contributed by atoms with Gasteiger partial charge in [0.05, 0.1) is 10.9 Å². The summed E-state index contributed by atoms with van der Waals surface area (Å²) in [6.07, 6.45) is 2.23. The number of halogens is 3. The lowest BCUT2D eigenvalue weighted by Gasteiger charge is -2.08. The van der Waals surface area contributed by atoms with E-state index in [0.29, 0.717) is 22.8 Å². The molecule has 1 aromatic heterocycles. The van der Waals surface area contributed by atoms with Gasteiger partial charge < -0.3 is 4.57 Å². The van der Waals surface area contributed by atoms with Crippen LogP contribution in [0.2, 0.25) is 0 Å². The van der Waals surface area contributed by atoms with Crippen LogP contribution in [0.1, 0.15) is 24.7 Å². The third-order valence-corrected chi connectivity index (χ3v) is 3.96. The van der Waals surface area contributed by atoms with Gasteiger partial charge in [0.15, 0.2) is 5.82 Å². The molecule has 0 unspecified atom stereocenters. The monoisotopic (exact) mass is 373 g/mol. The Labute approximate surface area is 121 Å². The number of nitrogens with zero attached hydrogens (tertiary/aromatic N) is 3. The van der Waals surface area contributed by atoms with E-state index >= 15 is 0 Å². The molecule has 1 aliphatic rings. The highest BCUT2D eigenvalue weighted by molar-refractivity contribution is 9.10. The third-order valence-electron chi connectivity index (χ3n) is 2.97. The molecule has 0 N–H and O–H groups in total. The maximum atomic E-state index is 14.0. The van der Waals surface area contributed by atoms with E-state index in [0.717, 1.165) is 23.1 Å². The standard InChI is InChI=1S/C12H10Br2FN3/c13-6-11-16-17-12(18(11)8-2-3-8)9-4-1-7(14)5-10(9)15/h1,4-5,8H,2-3,6H2. The second-order valence-corrected chi connectivity index (χ2v) is 5.78. The molecule has 0 bridgehead atoms. The summed E-state index contributed by atoms with van der Waals surface area (Å²) < 4.78 is 16.8. The Kier molecular flexibility index (Phi) is 3.23. The molecule has 0 saturated heterocycles. The molecule has 0 spiro atoms. The van der Waals surface area contributed by atoms with Gasteiger partial charge in [-0.2, -0.15) is 0 Å². The fraction of sp³-hybridized carbons (Fsp3) is 0.333. The Morgan fingerprint density at radius 3 is 2.72 bits per heavy atom. The summed E-state index contributed by atoms with van der Waals surface area (Å²) in [5.74, 6) is 1.20. The molecule has 18 heavy (non-hydrogen) atoms. The van der Waals surface area contributed by atoms with Crippen molar-refractivity contribution in [3.63, 3.8) is 0 Å². The summed E-state index contributed by atoms with van der Waals surface area (Å²) in [5, 5.41) is 8.89. The predicted octanol–water partition coefficient (Wildman–Crippen LogP) is 4.08. The average Bonchev–Trinajstić information content (AvgIpc) is 3.09. The van der Waals surface area contributed by atoms with Crippen molar-refractivity contribution >= 4 is 31.9 Å². The molecule has 1 aromatic carbocycles. The lowest BCUT2D eigenvalue weighted by molar-refractivity contribution is 0.625. The molecule has 3 rings (SSSR count). The van der Waals surface area contributed by atoms with Crippen molar-refractivity contribution in [3.05, 3.63) is 34.3 Å². The van der Waals surface area contributed by atoms with Gasteiger partial charge in [0.1, 0.15) is 11.6 Å². The smallest absolute Gasteiger partial charge is 0.167 e. The van der Waals surface area contributed by atoms with Crippen LogP contribution < -0.4 is 0 Å². The summed E-state index contributed by atoms with van der Waals surface area (Å²) in [4.78, 5) is 0. The first-order valence-corrected chi connectivity index (χ1v) is 7.57. The topological polar surface area (TPSA) is 30.7 Å². The van der Waals surface area contributed by atoms with Crippen LogP contribution in [0.3, 0.4) is 0 Å². The van der Waals surface area contributed by atoms with E-state index in [1.54, 1.807) is 6.07 Å². The second kappa shape index (κ2) is 4.74. The molecule has 0 radical (unpaired) electrons. The molecule has 0 aliphatic heterocycles. The van der Waals surface area contributed by atoms with Gasteiger partial charge in [-0.25, -0.2) is 4.39 Å². The fourth-order valence-electron chi connectivity index (χ4n) is 1.99. The lowest BCUT2D eigenvalue weighted by Crippen LogP contribution is -2.02. The quantitative estimate of drug-likeness (QED) is 0.758. The van der Waals surface area contributed by atoms with Crippen molar-refractivity contribution in [2.75, 3.05) is 0 Å². The van der Waals surface area contributed by atoms with E-state index in [4.69, 9.17) is 0 Å². The van der Waals surface area contributed by atoms with Crippen LogP contribution in [-0.4, -0.2) is 14.8 Å². The van der Waals surface area contributed by atoms with E-state index in [1.165, 1.54) is 6.07 Å². The van der Waals surface area contributed by atoms with Crippen molar-refractivity contribution in [3.8, 4) is 11.4 Å². The zero-order chi connectivity index (χ0) is 12.7. The molecular formula is C12H10Br2FN3. The zero-order valence-corrected chi connectivity index (χ0v) is 12.6. The van der Waals surface area contributed by atoms with Gasteiger partial charge in [-0.1, -0.05) is 31.9 Å². The lowest BCUT2D eigenvalue weighted by atomic mass is 10.2. The summed E-state index contributed by atoms with van der Waals surface area (Å²) in [5.41, 5.74) is 0.504. The maximum Gasteiger partial charge on any atom is 0.167 e. The first-order chi connectivity index (χ1) is 8.70. The van der Waals surface area contributed by atoms with Gasteiger partial charge in [0.2, 0.25) is 0 Å². The zero-order valence-electron chi connectivity index (χ0n) is 9.41. The van der Waals surface area contributed by atoms with Gasteiger partial charge in [-0.05, 0) is 31.0 Å². The van der Waals surface area contributed by atoms with Crippen LogP contribution in [-0.2, 0) is 5.33 Å². The fourth-order valence-corrected chi connectivity index (χ4v) is 2.70. The Morgan fingerprint density at radius 2 is 2.11 bits per heavy atom. The van der Waals surface area contributed by atoms with E-state index in [2.05, 4.69) is 42.1 Å². The minimum absolute atomic E-state index is 0.278. The molecular weight excluding hydrogens is 365 g/mol. The number of benzene rings is 1. The van der Waals surface area contributed by atoms with Crippen molar-refractivity contribution in [2.24, 2.45) is 0 Å². The van der Waals surface area contributed by atoms with Crippen molar-refractivity contribution < 1.29 is 4.39 Å². The van der Waals surface area contributed by atoms with E-state index in [9.17, 15) is 4.39 Å². The van der Waals surface area contributed by atoms with Crippen LogP contribution in [0.5, 0.6) is 0 Å². The minimum atomic E-state index is -0.278. The predicted molar refractivity (Wildman–Crippen MR) is 74.0 cm³/mol. The highest BCUT2D eigenvalue weighted by atomic mass is 79.9.